The SMILES string of the molecule is C=C[C@@]1(C)CC[C@@H]2[C@]3(C)CCC(=O)C(C)(C)[C@H]3[C@@H](O)C[C@]2(C)O1. The molecule has 3 aliphatic rings. The normalized spacial score (nSPS) is 52.4. The molecule has 1 N–H and O–H groups in total. The van der Waals surface area contributed by atoms with Gasteiger partial charge in [-0.15, -0.1) is 6.58 Å². The summed E-state index contributed by atoms with van der Waals surface area (Å²) in [5.41, 5.74) is -1.16. The molecule has 0 aromatic rings. The third kappa shape index (κ3) is 2.26. The van der Waals surface area contributed by atoms with Gasteiger partial charge in [0.2, 0.25) is 0 Å². The fourth-order valence-electron chi connectivity index (χ4n) is 6.45. The van der Waals surface area contributed by atoms with E-state index in [4.69, 9.17) is 4.74 Å². The zero-order valence-electron chi connectivity index (χ0n) is 15.3. The van der Waals surface area contributed by atoms with Gasteiger partial charge >= 0.3 is 0 Å². The molecule has 0 spiro atoms. The quantitative estimate of drug-likeness (QED) is 0.746. The maximum Gasteiger partial charge on any atom is 0.138 e. The molecule has 2 saturated carbocycles. The van der Waals surface area contributed by atoms with Gasteiger partial charge in [0.25, 0.3) is 0 Å². The Balaban J connectivity index is 2.03. The maximum absolute atomic E-state index is 12.5. The number of ketones is 1. The van der Waals surface area contributed by atoms with Gasteiger partial charge in [0, 0.05) is 24.2 Å². The van der Waals surface area contributed by atoms with E-state index in [9.17, 15) is 9.90 Å². The molecule has 1 saturated heterocycles. The van der Waals surface area contributed by atoms with Gasteiger partial charge in [-0.05, 0) is 44.4 Å². The summed E-state index contributed by atoms with van der Waals surface area (Å²) < 4.78 is 6.53. The van der Waals surface area contributed by atoms with E-state index in [0.717, 1.165) is 19.3 Å². The minimum Gasteiger partial charge on any atom is -0.393 e. The molecule has 130 valence electrons. The third-order valence-electron chi connectivity index (χ3n) is 7.46. The minimum absolute atomic E-state index is 0.0195. The van der Waals surface area contributed by atoms with Crippen LogP contribution in [0.3, 0.4) is 0 Å². The van der Waals surface area contributed by atoms with Gasteiger partial charge in [-0.25, -0.2) is 0 Å². The van der Waals surface area contributed by atoms with Gasteiger partial charge in [-0.1, -0.05) is 26.8 Å². The van der Waals surface area contributed by atoms with Gasteiger partial charge in [-0.3, -0.25) is 4.79 Å². The number of fused-ring (bicyclic) bond motifs is 3. The van der Waals surface area contributed by atoms with Crippen molar-refractivity contribution in [3.63, 3.8) is 0 Å². The zero-order valence-corrected chi connectivity index (χ0v) is 15.3. The number of hydrogen-bond acceptors (Lipinski definition) is 3. The molecule has 0 aromatic carbocycles. The maximum atomic E-state index is 12.5. The Bertz CT molecular complexity index is 539. The van der Waals surface area contributed by atoms with Crippen LogP contribution in [0.1, 0.15) is 66.7 Å². The zero-order chi connectivity index (χ0) is 17.3. The van der Waals surface area contributed by atoms with E-state index in [2.05, 4.69) is 27.4 Å². The Morgan fingerprint density at radius 2 is 1.87 bits per heavy atom. The van der Waals surface area contributed by atoms with E-state index in [-0.39, 0.29) is 22.5 Å². The van der Waals surface area contributed by atoms with Crippen LogP contribution in [0.2, 0.25) is 0 Å². The van der Waals surface area contributed by atoms with Crippen LogP contribution >= 0.6 is 0 Å². The molecule has 0 bridgehead atoms. The lowest BCUT2D eigenvalue weighted by Crippen LogP contribution is -2.67. The second-order valence-electron chi connectivity index (χ2n) is 9.42. The lowest BCUT2D eigenvalue weighted by Gasteiger charge is -2.65. The summed E-state index contributed by atoms with van der Waals surface area (Å²) in [7, 11) is 0. The van der Waals surface area contributed by atoms with E-state index in [1.54, 1.807) is 0 Å². The highest BCUT2D eigenvalue weighted by Crippen LogP contribution is 2.64. The molecule has 0 unspecified atom stereocenters. The molecule has 2 aliphatic carbocycles. The van der Waals surface area contributed by atoms with Gasteiger partial charge in [0.1, 0.15) is 5.78 Å². The van der Waals surface area contributed by atoms with Gasteiger partial charge in [0.05, 0.1) is 17.3 Å². The lowest BCUT2D eigenvalue weighted by molar-refractivity contribution is -0.273. The molecule has 6 atom stereocenters. The summed E-state index contributed by atoms with van der Waals surface area (Å²) in [5, 5.41) is 11.0. The number of hydrogen-bond donors (Lipinski definition) is 1. The summed E-state index contributed by atoms with van der Waals surface area (Å²) in [4.78, 5) is 12.5. The van der Waals surface area contributed by atoms with Crippen molar-refractivity contribution in [1.82, 2.24) is 0 Å². The standard InChI is InChI=1S/C20H32O3/c1-7-18(4)10-8-14-19(5)11-9-15(22)17(2,3)16(19)13(21)12-20(14,6)23-18/h7,13-14,16,21H,1,8-12H2,2-6H3/t13-,14+,16+,18-,19-,20-/m0/s1. The average molecular weight is 320 g/mol. The Kier molecular flexibility index (Phi) is 3.67. The largest absolute Gasteiger partial charge is 0.393 e. The van der Waals surface area contributed by atoms with Crippen LogP contribution in [0.4, 0.5) is 0 Å². The fraction of sp³-hybridized carbons (Fsp3) is 0.850. The predicted molar refractivity (Wildman–Crippen MR) is 91.1 cm³/mol. The fourth-order valence-corrected chi connectivity index (χ4v) is 6.45. The average Bonchev–Trinajstić information content (AvgIpc) is 2.41. The molecule has 1 aliphatic heterocycles. The molecule has 3 heteroatoms. The summed E-state index contributed by atoms with van der Waals surface area (Å²) in [5.74, 6) is 0.699. The highest BCUT2D eigenvalue weighted by atomic mass is 16.5. The van der Waals surface area contributed by atoms with Crippen molar-refractivity contribution < 1.29 is 14.6 Å². The minimum atomic E-state index is -0.493. The van der Waals surface area contributed by atoms with Crippen LogP contribution in [0.25, 0.3) is 0 Å². The number of carbonyl (C=O) groups excluding carboxylic acids is 1. The van der Waals surface area contributed by atoms with E-state index in [0.29, 0.717) is 24.5 Å². The smallest absolute Gasteiger partial charge is 0.138 e. The molecule has 3 fully saturated rings. The van der Waals surface area contributed by atoms with Gasteiger partial charge in [0.15, 0.2) is 0 Å². The van der Waals surface area contributed by atoms with Crippen molar-refractivity contribution in [3.05, 3.63) is 12.7 Å². The van der Waals surface area contributed by atoms with Crippen molar-refractivity contribution in [2.75, 3.05) is 0 Å². The molecule has 0 radical (unpaired) electrons. The Hall–Kier alpha value is -0.670. The second-order valence-corrected chi connectivity index (χ2v) is 9.42. The van der Waals surface area contributed by atoms with Crippen LogP contribution in [0.15, 0.2) is 12.7 Å². The molecule has 3 rings (SSSR count). The van der Waals surface area contributed by atoms with Crippen LogP contribution in [0.5, 0.6) is 0 Å². The predicted octanol–water partition coefficient (Wildman–Crippen LogP) is 3.89. The Morgan fingerprint density at radius 1 is 1.22 bits per heavy atom. The summed E-state index contributed by atoms with van der Waals surface area (Å²) in [6.07, 6.45) is 5.55. The number of ether oxygens (including phenoxy) is 1. The molecular formula is C20H32O3. The van der Waals surface area contributed by atoms with Crippen molar-refractivity contribution in [2.45, 2.75) is 84.0 Å². The second kappa shape index (κ2) is 4.92. The first-order valence-corrected chi connectivity index (χ1v) is 9.04. The molecule has 23 heavy (non-hydrogen) atoms. The summed E-state index contributed by atoms with van der Waals surface area (Å²) >= 11 is 0. The Morgan fingerprint density at radius 3 is 2.48 bits per heavy atom. The van der Waals surface area contributed by atoms with Crippen molar-refractivity contribution in [3.8, 4) is 0 Å². The van der Waals surface area contributed by atoms with E-state index in [1.165, 1.54) is 0 Å². The first kappa shape index (κ1) is 17.2. The van der Waals surface area contributed by atoms with E-state index < -0.39 is 11.5 Å². The van der Waals surface area contributed by atoms with E-state index in [1.807, 2.05) is 19.9 Å². The van der Waals surface area contributed by atoms with Crippen LogP contribution < -0.4 is 0 Å². The first-order valence-electron chi connectivity index (χ1n) is 9.04. The highest BCUT2D eigenvalue weighted by Gasteiger charge is 2.65. The number of Topliss-reactive ketones (excluding diaryl/α,β-unsaturated/α-hetero) is 1. The monoisotopic (exact) mass is 320 g/mol. The summed E-state index contributed by atoms with van der Waals surface area (Å²) in [6.45, 7) is 14.5. The molecule has 1 heterocycles. The third-order valence-corrected chi connectivity index (χ3v) is 7.46. The topological polar surface area (TPSA) is 46.5 Å². The van der Waals surface area contributed by atoms with Crippen LogP contribution in [0, 0.1) is 22.7 Å². The number of carbonyl (C=O) groups is 1. The molecule has 0 amide bonds. The van der Waals surface area contributed by atoms with Gasteiger partial charge < -0.3 is 9.84 Å². The number of rotatable bonds is 1. The Labute approximate surface area is 140 Å². The number of aliphatic hydroxyl groups is 1. The number of aliphatic hydroxyl groups excluding tert-OH is 1. The highest BCUT2D eigenvalue weighted by molar-refractivity contribution is 5.85. The first-order chi connectivity index (χ1) is 10.5. The van der Waals surface area contributed by atoms with Gasteiger partial charge in [-0.2, -0.15) is 0 Å². The van der Waals surface area contributed by atoms with Crippen LogP contribution in [-0.2, 0) is 9.53 Å². The van der Waals surface area contributed by atoms with Crippen molar-refractivity contribution >= 4 is 5.78 Å². The molecule has 0 aromatic heterocycles. The molecular weight excluding hydrogens is 288 g/mol. The lowest BCUT2D eigenvalue weighted by atomic mass is 9.43. The van der Waals surface area contributed by atoms with E-state index >= 15 is 0 Å². The summed E-state index contributed by atoms with van der Waals surface area (Å²) in [6, 6.07) is 0. The molecule has 3 nitrogen and oxygen atoms in total. The van der Waals surface area contributed by atoms with Crippen molar-refractivity contribution in [2.24, 2.45) is 22.7 Å². The van der Waals surface area contributed by atoms with Crippen molar-refractivity contribution in [1.29, 1.82) is 0 Å². The van der Waals surface area contributed by atoms with Crippen LogP contribution in [-0.4, -0.2) is 28.2 Å².